The quantitative estimate of drug-likeness (QED) is 0.649. The molecule has 2 amide bonds. The third-order valence-corrected chi connectivity index (χ3v) is 3.78. The number of thiol groups is 1. The normalized spacial score (nSPS) is 15.0. The topological polar surface area (TPSA) is 40.6 Å². The molecule has 0 N–H and O–H groups in total. The van der Waals surface area contributed by atoms with Crippen LogP contribution in [0.25, 0.3) is 0 Å². The average molecular weight is 298 g/mol. The number of hydrogen-bond donors (Lipinski definition) is 1. The van der Waals surface area contributed by atoms with Crippen molar-refractivity contribution in [2.45, 2.75) is 11.3 Å². The number of benzene rings is 2. The van der Waals surface area contributed by atoms with Gasteiger partial charge in [0.1, 0.15) is 6.42 Å². The summed E-state index contributed by atoms with van der Waals surface area (Å²) in [5, 5.41) is 0. The third-order valence-electron chi connectivity index (χ3n) is 3.50. The molecule has 0 saturated carbocycles. The monoisotopic (exact) mass is 298 g/mol. The Bertz CT molecular complexity index is 715. The Morgan fingerprint density at radius 2 is 1.67 bits per heavy atom. The SMILES string of the molecule is CN1C(=O)CC(=O)N(c2ccccc2)c2cc(S)ccc21. The molecule has 1 aliphatic heterocycles. The van der Waals surface area contributed by atoms with Crippen molar-refractivity contribution in [3.63, 3.8) is 0 Å². The molecule has 0 saturated heterocycles. The van der Waals surface area contributed by atoms with Crippen molar-refractivity contribution in [2.24, 2.45) is 0 Å². The Hall–Kier alpha value is -2.27. The molecule has 0 fully saturated rings. The zero-order valence-electron chi connectivity index (χ0n) is 11.5. The Labute approximate surface area is 128 Å². The van der Waals surface area contributed by atoms with Crippen molar-refractivity contribution < 1.29 is 9.59 Å². The van der Waals surface area contributed by atoms with Crippen LogP contribution < -0.4 is 9.80 Å². The summed E-state index contributed by atoms with van der Waals surface area (Å²) in [4.78, 5) is 28.4. The molecular weight excluding hydrogens is 284 g/mol. The maximum absolute atomic E-state index is 12.5. The highest BCUT2D eigenvalue weighted by Gasteiger charge is 2.30. The van der Waals surface area contributed by atoms with Gasteiger partial charge in [-0.1, -0.05) is 18.2 Å². The van der Waals surface area contributed by atoms with Gasteiger partial charge < -0.3 is 4.90 Å². The summed E-state index contributed by atoms with van der Waals surface area (Å²) in [5.74, 6) is -0.456. The predicted octanol–water partition coefficient (Wildman–Crippen LogP) is 3.01. The average Bonchev–Trinajstić information content (AvgIpc) is 2.56. The lowest BCUT2D eigenvalue weighted by atomic mass is 10.2. The molecule has 3 rings (SSSR count). The van der Waals surface area contributed by atoms with Gasteiger partial charge in [0.2, 0.25) is 11.8 Å². The van der Waals surface area contributed by atoms with Crippen LogP contribution in [-0.4, -0.2) is 18.9 Å². The van der Waals surface area contributed by atoms with E-state index in [9.17, 15) is 9.59 Å². The fourth-order valence-electron chi connectivity index (χ4n) is 2.43. The summed E-state index contributed by atoms with van der Waals surface area (Å²) in [6.45, 7) is 0. The van der Waals surface area contributed by atoms with E-state index in [0.29, 0.717) is 11.4 Å². The molecule has 106 valence electrons. The first-order valence-corrected chi connectivity index (χ1v) is 7.00. The second kappa shape index (κ2) is 5.26. The summed E-state index contributed by atoms with van der Waals surface area (Å²) < 4.78 is 0. The molecule has 1 aliphatic rings. The van der Waals surface area contributed by atoms with Crippen molar-refractivity contribution in [1.82, 2.24) is 0 Å². The highest BCUT2D eigenvalue weighted by Crippen LogP contribution is 2.38. The fraction of sp³-hybridized carbons (Fsp3) is 0.125. The van der Waals surface area contributed by atoms with Crippen LogP contribution in [0.4, 0.5) is 17.1 Å². The van der Waals surface area contributed by atoms with Crippen LogP contribution in [0.2, 0.25) is 0 Å². The summed E-state index contributed by atoms with van der Waals surface area (Å²) in [6.07, 6.45) is -0.151. The van der Waals surface area contributed by atoms with Crippen LogP contribution >= 0.6 is 12.6 Å². The van der Waals surface area contributed by atoms with E-state index < -0.39 is 0 Å². The maximum atomic E-state index is 12.5. The van der Waals surface area contributed by atoms with E-state index in [1.165, 1.54) is 4.90 Å². The number of rotatable bonds is 1. The molecule has 2 aromatic carbocycles. The van der Waals surface area contributed by atoms with Crippen LogP contribution in [0.3, 0.4) is 0 Å². The molecule has 0 atom stereocenters. The van der Waals surface area contributed by atoms with Gasteiger partial charge in [0.15, 0.2) is 0 Å². The van der Waals surface area contributed by atoms with Gasteiger partial charge in [-0.05, 0) is 30.3 Å². The number of nitrogens with zero attached hydrogens (tertiary/aromatic N) is 2. The standard InChI is InChI=1S/C16H14N2O2S/c1-17-13-8-7-12(21)9-14(13)18(16(20)10-15(17)19)11-5-3-2-4-6-11/h2-9,21H,10H2,1H3. The van der Waals surface area contributed by atoms with Crippen LogP contribution in [0, 0.1) is 0 Å². The first-order valence-electron chi connectivity index (χ1n) is 6.55. The van der Waals surface area contributed by atoms with Crippen molar-refractivity contribution in [2.75, 3.05) is 16.8 Å². The Morgan fingerprint density at radius 3 is 2.38 bits per heavy atom. The number of hydrogen-bond acceptors (Lipinski definition) is 3. The molecule has 0 aliphatic carbocycles. The molecule has 5 heteroatoms. The minimum absolute atomic E-state index is 0.151. The van der Waals surface area contributed by atoms with Crippen molar-refractivity contribution in [3.05, 3.63) is 48.5 Å². The summed E-state index contributed by atoms with van der Waals surface area (Å²) in [5.41, 5.74) is 2.12. The summed E-state index contributed by atoms with van der Waals surface area (Å²) in [6, 6.07) is 14.7. The second-order valence-electron chi connectivity index (χ2n) is 4.87. The van der Waals surface area contributed by atoms with E-state index in [1.807, 2.05) is 42.5 Å². The molecule has 0 aromatic heterocycles. The van der Waals surface area contributed by atoms with Crippen molar-refractivity contribution >= 4 is 41.5 Å². The van der Waals surface area contributed by atoms with E-state index in [0.717, 1.165) is 10.6 Å². The van der Waals surface area contributed by atoms with Crippen molar-refractivity contribution in [3.8, 4) is 0 Å². The minimum Gasteiger partial charge on any atom is -0.313 e. The van der Waals surface area contributed by atoms with Gasteiger partial charge in [0, 0.05) is 17.6 Å². The number of fused-ring (bicyclic) bond motifs is 1. The highest BCUT2D eigenvalue weighted by atomic mass is 32.1. The molecule has 2 aromatic rings. The summed E-state index contributed by atoms with van der Waals surface area (Å²) >= 11 is 4.35. The zero-order chi connectivity index (χ0) is 15.0. The van der Waals surface area contributed by atoms with Gasteiger partial charge in [0.05, 0.1) is 11.4 Å². The molecule has 4 nitrogen and oxygen atoms in total. The molecule has 0 bridgehead atoms. The number of anilines is 3. The van der Waals surface area contributed by atoms with Gasteiger partial charge in [-0.25, -0.2) is 0 Å². The first-order chi connectivity index (χ1) is 10.1. The highest BCUT2D eigenvalue weighted by molar-refractivity contribution is 7.80. The van der Waals surface area contributed by atoms with E-state index in [2.05, 4.69) is 12.6 Å². The number of carbonyl (C=O) groups is 2. The Kier molecular flexibility index (Phi) is 3.43. The number of para-hydroxylation sites is 1. The van der Waals surface area contributed by atoms with Gasteiger partial charge in [-0.3, -0.25) is 14.5 Å². The van der Waals surface area contributed by atoms with Gasteiger partial charge >= 0.3 is 0 Å². The number of carbonyl (C=O) groups excluding carboxylic acids is 2. The molecule has 0 radical (unpaired) electrons. The minimum atomic E-state index is -0.240. The predicted molar refractivity (Wildman–Crippen MR) is 85.3 cm³/mol. The fourth-order valence-corrected chi connectivity index (χ4v) is 2.63. The van der Waals surface area contributed by atoms with Crippen LogP contribution in [-0.2, 0) is 9.59 Å². The Morgan fingerprint density at radius 1 is 0.952 bits per heavy atom. The van der Waals surface area contributed by atoms with E-state index >= 15 is 0 Å². The smallest absolute Gasteiger partial charge is 0.241 e. The van der Waals surface area contributed by atoms with Crippen LogP contribution in [0.15, 0.2) is 53.4 Å². The second-order valence-corrected chi connectivity index (χ2v) is 5.38. The largest absolute Gasteiger partial charge is 0.313 e. The van der Waals surface area contributed by atoms with E-state index in [4.69, 9.17) is 0 Å². The lowest BCUT2D eigenvalue weighted by Gasteiger charge is -2.24. The number of amides is 2. The van der Waals surface area contributed by atoms with E-state index in [-0.39, 0.29) is 18.2 Å². The van der Waals surface area contributed by atoms with Gasteiger partial charge in [-0.15, -0.1) is 12.6 Å². The third kappa shape index (κ3) is 2.40. The first kappa shape index (κ1) is 13.7. The van der Waals surface area contributed by atoms with Gasteiger partial charge in [0.25, 0.3) is 0 Å². The molecule has 0 unspecified atom stereocenters. The maximum Gasteiger partial charge on any atom is 0.241 e. The zero-order valence-corrected chi connectivity index (χ0v) is 12.4. The van der Waals surface area contributed by atoms with E-state index in [1.54, 1.807) is 18.0 Å². The molecule has 1 heterocycles. The lowest BCUT2D eigenvalue weighted by Crippen LogP contribution is -2.28. The van der Waals surface area contributed by atoms with Crippen molar-refractivity contribution in [1.29, 1.82) is 0 Å². The molecule has 0 spiro atoms. The lowest BCUT2D eigenvalue weighted by molar-refractivity contribution is -0.125. The molecular formula is C16H14N2O2S. The van der Waals surface area contributed by atoms with Crippen LogP contribution in [0.5, 0.6) is 0 Å². The molecule has 21 heavy (non-hydrogen) atoms. The van der Waals surface area contributed by atoms with Gasteiger partial charge in [-0.2, -0.15) is 0 Å². The van der Waals surface area contributed by atoms with Crippen LogP contribution in [0.1, 0.15) is 6.42 Å². The Balaban J connectivity index is 2.24. The summed E-state index contributed by atoms with van der Waals surface area (Å²) in [7, 11) is 1.68.